The van der Waals surface area contributed by atoms with Gasteiger partial charge in [-0.15, -0.1) is 6.58 Å². The van der Waals surface area contributed by atoms with Crippen LogP contribution in [0.4, 0.5) is 0 Å². The molecule has 4 heteroatoms. The Labute approximate surface area is 148 Å². The van der Waals surface area contributed by atoms with Crippen molar-refractivity contribution in [1.29, 1.82) is 5.26 Å². The summed E-state index contributed by atoms with van der Waals surface area (Å²) in [6.45, 7) is 7.12. The number of benzene rings is 2. The predicted molar refractivity (Wildman–Crippen MR) is 96.3 cm³/mol. The molecular weight excluding hydrogens is 314 g/mol. The maximum Gasteiger partial charge on any atom is 0.325 e. The molecule has 0 aromatic heterocycles. The molecule has 0 saturated heterocycles. The van der Waals surface area contributed by atoms with E-state index in [0.717, 1.165) is 0 Å². The molecular formula is C21H21NO3. The van der Waals surface area contributed by atoms with Crippen molar-refractivity contribution < 1.29 is 14.6 Å². The average molecular weight is 335 g/mol. The lowest BCUT2D eigenvalue weighted by molar-refractivity contribution is -0.150. The summed E-state index contributed by atoms with van der Waals surface area (Å²) in [5.74, 6) is 0.127. The van der Waals surface area contributed by atoms with Gasteiger partial charge in [-0.2, -0.15) is 5.26 Å². The molecule has 25 heavy (non-hydrogen) atoms. The molecule has 0 amide bonds. The summed E-state index contributed by atoms with van der Waals surface area (Å²) in [4.78, 5) is 11.9. The van der Waals surface area contributed by atoms with Gasteiger partial charge in [0.2, 0.25) is 0 Å². The highest BCUT2D eigenvalue weighted by Gasteiger charge is 2.50. The topological polar surface area (TPSA) is 70.3 Å². The van der Waals surface area contributed by atoms with Crippen molar-refractivity contribution >= 4 is 5.97 Å². The molecule has 0 radical (unpaired) electrons. The van der Waals surface area contributed by atoms with E-state index >= 15 is 0 Å². The zero-order chi connectivity index (χ0) is 18.5. The van der Waals surface area contributed by atoms with Crippen LogP contribution in [0, 0.1) is 22.2 Å². The first-order valence-electron chi connectivity index (χ1n) is 7.95. The van der Waals surface area contributed by atoms with Crippen molar-refractivity contribution in [2.75, 3.05) is 0 Å². The van der Waals surface area contributed by atoms with Crippen LogP contribution in [-0.2, 0) is 11.2 Å². The Morgan fingerprint density at radius 1 is 1.20 bits per heavy atom. The average Bonchev–Trinajstić information content (AvgIpc) is 2.60. The van der Waals surface area contributed by atoms with Gasteiger partial charge in [0.15, 0.2) is 5.41 Å². The summed E-state index contributed by atoms with van der Waals surface area (Å²) in [6.07, 6.45) is 1.58. The molecule has 1 atom stereocenters. The van der Waals surface area contributed by atoms with E-state index in [-0.39, 0.29) is 6.42 Å². The standard InChI is InChI=1S/C21H21NO3/c1-4-20(2,3)21(15-22,19(23)24)14-16-9-8-12-18(13-16)25-17-10-6-5-7-11-17/h4-13H,1,14H2,2-3H3,(H,23,24). The summed E-state index contributed by atoms with van der Waals surface area (Å²) < 4.78 is 5.79. The van der Waals surface area contributed by atoms with Gasteiger partial charge in [-0.1, -0.05) is 50.3 Å². The Hall–Kier alpha value is -3.06. The predicted octanol–water partition coefficient (Wildman–Crippen LogP) is 4.83. The minimum atomic E-state index is -1.61. The molecule has 0 aliphatic carbocycles. The second-order valence-electron chi connectivity index (χ2n) is 6.49. The van der Waals surface area contributed by atoms with Gasteiger partial charge in [-0.3, -0.25) is 4.79 Å². The van der Waals surface area contributed by atoms with Crippen LogP contribution in [0.25, 0.3) is 0 Å². The fourth-order valence-corrected chi connectivity index (χ4v) is 2.63. The Bertz CT molecular complexity index is 805. The van der Waals surface area contributed by atoms with Gasteiger partial charge in [-0.25, -0.2) is 0 Å². The van der Waals surface area contributed by atoms with Crippen LogP contribution in [-0.4, -0.2) is 11.1 Å². The number of rotatable bonds is 7. The summed E-state index contributed by atoms with van der Waals surface area (Å²) in [7, 11) is 0. The maximum absolute atomic E-state index is 11.9. The fraction of sp³-hybridized carbons (Fsp3) is 0.238. The van der Waals surface area contributed by atoms with Crippen molar-refractivity contribution in [1.82, 2.24) is 0 Å². The van der Waals surface area contributed by atoms with Crippen molar-refractivity contribution in [3.63, 3.8) is 0 Å². The molecule has 2 aromatic carbocycles. The Morgan fingerprint density at radius 3 is 2.40 bits per heavy atom. The van der Waals surface area contributed by atoms with Crippen LogP contribution in [0.3, 0.4) is 0 Å². The third-order valence-electron chi connectivity index (χ3n) is 4.51. The molecule has 2 aromatic rings. The number of carbonyl (C=O) groups is 1. The first-order chi connectivity index (χ1) is 11.8. The normalized spacial score (nSPS) is 13.3. The van der Waals surface area contributed by atoms with E-state index in [4.69, 9.17) is 4.74 Å². The molecule has 4 nitrogen and oxygen atoms in total. The number of ether oxygens (including phenoxy) is 1. The van der Waals surface area contributed by atoms with Crippen LogP contribution in [0.5, 0.6) is 11.5 Å². The quantitative estimate of drug-likeness (QED) is 0.736. The number of nitriles is 1. The van der Waals surface area contributed by atoms with Crippen molar-refractivity contribution in [2.45, 2.75) is 20.3 Å². The smallest absolute Gasteiger partial charge is 0.325 e. The van der Waals surface area contributed by atoms with Crippen LogP contribution >= 0.6 is 0 Å². The van der Waals surface area contributed by atoms with E-state index < -0.39 is 16.8 Å². The summed E-state index contributed by atoms with van der Waals surface area (Å²) in [5.41, 5.74) is -1.79. The zero-order valence-corrected chi connectivity index (χ0v) is 14.4. The highest BCUT2D eigenvalue weighted by molar-refractivity contribution is 5.80. The van der Waals surface area contributed by atoms with Crippen LogP contribution in [0.15, 0.2) is 67.3 Å². The number of hydrogen-bond donors (Lipinski definition) is 1. The molecule has 0 saturated carbocycles. The highest BCUT2D eigenvalue weighted by atomic mass is 16.5. The minimum Gasteiger partial charge on any atom is -0.480 e. The molecule has 0 spiro atoms. The van der Waals surface area contributed by atoms with Crippen molar-refractivity contribution in [3.05, 3.63) is 72.8 Å². The van der Waals surface area contributed by atoms with Gasteiger partial charge in [0.25, 0.3) is 0 Å². The van der Waals surface area contributed by atoms with Crippen LogP contribution in [0.2, 0.25) is 0 Å². The first-order valence-corrected chi connectivity index (χ1v) is 7.95. The molecule has 2 rings (SSSR count). The van der Waals surface area contributed by atoms with Crippen LogP contribution in [0.1, 0.15) is 19.4 Å². The first kappa shape index (κ1) is 18.3. The molecule has 0 fully saturated rings. The van der Waals surface area contributed by atoms with E-state index in [2.05, 4.69) is 6.58 Å². The highest BCUT2D eigenvalue weighted by Crippen LogP contribution is 2.43. The number of hydrogen-bond acceptors (Lipinski definition) is 3. The van der Waals surface area contributed by atoms with E-state index in [1.54, 1.807) is 38.1 Å². The molecule has 0 bridgehead atoms. The fourth-order valence-electron chi connectivity index (χ4n) is 2.63. The molecule has 128 valence electrons. The van der Waals surface area contributed by atoms with E-state index in [0.29, 0.717) is 17.1 Å². The number of carboxylic acid groups (broad SMARTS) is 1. The molecule has 0 aliphatic heterocycles. The summed E-state index contributed by atoms with van der Waals surface area (Å²) >= 11 is 0. The van der Waals surface area contributed by atoms with Crippen LogP contribution < -0.4 is 4.74 Å². The van der Waals surface area contributed by atoms with Gasteiger partial charge in [0.05, 0.1) is 6.07 Å². The minimum absolute atomic E-state index is 0.0594. The Balaban J connectivity index is 2.35. The van der Waals surface area contributed by atoms with Crippen molar-refractivity contribution in [2.24, 2.45) is 10.8 Å². The van der Waals surface area contributed by atoms with Crippen molar-refractivity contribution in [3.8, 4) is 17.6 Å². The second-order valence-corrected chi connectivity index (χ2v) is 6.49. The second kappa shape index (κ2) is 7.23. The number of nitrogens with zero attached hydrogens (tertiary/aromatic N) is 1. The molecule has 1 unspecified atom stereocenters. The Kier molecular flexibility index (Phi) is 5.29. The third kappa shape index (κ3) is 3.72. The SMILES string of the molecule is C=CC(C)(C)C(C#N)(Cc1cccc(Oc2ccccc2)c1)C(=O)O. The zero-order valence-electron chi connectivity index (χ0n) is 14.4. The van der Waals surface area contributed by atoms with Gasteiger partial charge in [0, 0.05) is 11.8 Å². The number of carboxylic acids is 1. The lowest BCUT2D eigenvalue weighted by atomic mass is 9.63. The van der Waals surface area contributed by atoms with Gasteiger partial charge >= 0.3 is 5.97 Å². The Morgan fingerprint density at radius 2 is 1.84 bits per heavy atom. The van der Waals surface area contributed by atoms with E-state index in [1.807, 2.05) is 36.4 Å². The number of allylic oxidation sites excluding steroid dienone is 1. The van der Waals surface area contributed by atoms with Gasteiger partial charge < -0.3 is 9.84 Å². The summed E-state index contributed by atoms with van der Waals surface area (Å²) in [6, 6.07) is 18.5. The van der Waals surface area contributed by atoms with E-state index in [9.17, 15) is 15.2 Å². The van der Waals surface area contributed by atoms with Gasteiger partial charge in [-0.05, 0) is 29.8 Å². The molecule has 0 aliphatic rings. The lowest BCUT2D eigenvalue weighted by Crippen LogP contribution is -2.44. The molecule has 0 heterocycles. The molecule has 1 N–H and O–H groups in total. The third-order valence-corrected chi connectivity index (χ3v) is 4.51. The van der Waals surface area contributed by atoms with Gasteiger partial charge in [0.1, 0.15) is 11.5 Å². The van der Waals surface area contributed by atoms with E-state index in [1.165, 1.54) is 6.08 Å². The largest absolute Gasteiger partial charge is 0.480 e. The monoisotopic (exact) mass is 335 g/mol. The maximum atomic E-state index is 11.9. The number of aliphatic carboxylic acids is 1. The lowest BCUT2D eigenvalue weighted by Gasteiger charge is -2.36. The number of para-hydroxylation sites is 1. The summed E-state index contributed by atoms with van der Waals surface area (Å²) in [5, 5.41) is 19.4.